The third kappa shape index (κ3) is 1.91. The maximum atomic E-state index is 5.31. The second-order valence-corrected chi connectivity index (χ2v) is 4.07. The molecule has 0 bridgehead atoms. The summed E-state index contributed by atoms with van der Waals surface area (Å²) in [6, 6.07) is 3.72. The molecule has 90 valence electrons. The molecule has 17 heavy (non-hydrogen) atoms. The molecule has 2 aromatic heterocycles. The highest BCUT2D eigenvalue weighted by Crippen LogP contribution is 2.19. The molecule has 0 amide bonds. The molecule has 1 fully saturated rings. The van der Waals surface area contributed by atoms with Crippen LogP contribution >= 0.6 is 0 Å². The van der Waals surface area contributed by atoms with Crippen LogP contribution in [0.15, 0.2) is 22.8 Å². The Morgan fingerprint density at radius 1 is 1.35 bits per heavy atom. The van der Waals surface area contributed by atoms with Gasteiger partial charge in [0, 0.05) is 33.2 Å². The Bertz CT molecular complexity index is 484. The number of nitrogens with zero attached hydrogens (tertiary/aromatic N) is 4. The lowest BCUT2D eigenvalue weighted by Crippen LogP contribution is -2.44. The van der Waals surface area contributed by atoms with Crippen LogP contribution in [-0.4, -0.2) is 40.9 Å². The highest BCUT2D eigenvalue weighted by Gasteiger charge is 2.18. The highest BCUT2D eigenvalue weighted by molar-refractivity contribution is 5.49. The lowest BCUT2D eigenvalue weighted by molar-refractivity contribution is 0.568. The summed E-state index contributed by atoms with van der Waals surface area (Å²) in [6.07, 6.45) is 1.64. The summed E-state index contributed by atoms with van der Waals surface area (Å²) < 4.78 is 7.11. The summed E-state index contributed by atoms with van der Waals surface area (Å²) in [7, 11) is 1.91. The van der Waals surface area contributed by atoms with Gasteiger partial charge in [-0.3, -0.25) is 0 Å². The molecule has 3 rings (SSSR count). The van der Waals surface area contributed by atoms with Crippen molar-refractivity contribution >= 4 is 5.95 Å². The summed E-state index contributed by atoms with van der Waals surface area (Å²) in [5, 5.41) is 7.70. The first-order chi connectivity index (χ1) is 8.34. The van der Waals surface area contributed by atoms with E-state index in [9.17, 15) is 0 Å². The SMILES string of the molecule is Cn1nc(-c2ccco2)nc1N1CCNCC1. The number of hydrogen-bond donors (Lipinski definition) is 1. The molecular formula is C11H15N5O. The smallest absolute Gasteiger partial charge is 0.224 e. The van der Waals surface area contributed by atoms with Gasteiger partial charge in [0.15, 0.2) is 5.76 Å². The van der Waals surface area contributed by atoms with Gasteiger partial charge < -0.3 is 14.6 Å². The average molecular weight is 233 g/mol. The molecule has 6 nitrogen and oxygen atoms in total. The second kappa shape index (κ2) is 4.21. The molecule has 1 saturated heterocycles. The van der Waals surface area contributed by atoms with Crippen LogP contribution in [0, 0.1) is 0 Å². The van der Waals surface area contributed by atoms with Crippen molar-refractivity contribution < 1.29 is 4.42 Å². The molecule has 1 aliphatic heterocycles. The quantitative estimate of drug-likeness (QED) is 0.817. The van der Waals surface area contributed by atoms with Crippen LogP contribution in [0.25, 0.3) is 11.6 Å². The van der Waals surface area contributed by atoms with Gasteiger partial charge in [-0.2, -0.15) is 4.98 Å². The van der Waals surface area contributed by atoms with Gasteiger partial charge in [-0.25, -0.2) is 4.68 Å². The Balaban J connectivity index is 1.90. The van der Waals surface area contributed by atoms with Gasteiger partial charge >= 0.3 is 0 Å². The van der Waals surface area contributed by atoms with Crippen LogP contribution in [0.5, 0.6) is 0 Å². The first-order valence-electron chi connectivity index (χ1n) is 5.75. The van der Waals surface area contributed by atoms with Crippen molar-refractivity contribution in [2.75, 3.05) is 31.1 Å². The van der Waals surface area contributed by atoms with E-state index in [0.717, 1.165) is 32.1 Å². The van der Waals surface area contributed by atoms with Crippen LogP contribution in [0.1, 0.15) is 0 Å². The van der Waals surface area contributed by atoms with E-state index in [-0.39, 0.29) is 0 Å². The standard InChI is InChI=1S/C11H15N5O/c1-15-11(16-6-4-12-5-7-16)13-10(14-15)9-3-2-8-17-9/h2-3,8,12H,4-7H2,1H3. The topological polar surface area (TPSA) is 59.1 Å². The fraction of sp³-hybridized carbons (Fsp3) is 0.455. The predicted molar refractivity (Wildman–Crippen MR) is 63.8 cm³/mol. The van der Waals surface area contributed by atoms with E-state index < -0.39 is 0 Å². The Morgan fingerprint density at radius 2 is 2.18 bits per heavy atom. The second-order valence-electron chi connectivity index (χ2n) is 4.07. The van der Waals surface area contributed by atoms with Crippen molar-refractivity contribution in [2.45, 2.75) is 0 Å². The number of aryl methyl sites for hydroxylation is 1. The Hall–Kier alpha value is -1.82. The Labute approximate surface area is 99.2 Å². The van der Waals surface area contributed by atoms with E-state index in [1.807, 2.05) is 23.9 Å². The maximum absolute atomic E-state index is 5.31. The summed E-state index contributed by atoms with van der Waals surface area (Å²) in [4.78, 5) is 6.76. The minimum Gasteiger partial charge on any atom is -0.461 e. The molecule has 3 heterocycles. The summed E-state index contributed by atoms with van der Waals surface area (Å²) in [5.74, 6) is 2.26. The van der Waals surface area contributed by atoms with E-state index in [1.54, 1.807) is 6.26 Å². The summed E-state index contributed by atoms with van der Waals surface area (Å²) in [6.45, 7) is 3.90. The third-order valence-electron chi connectivity index (χ3n) is 2.88. The van der Waals surface area contributed by atoms with E-state index >= 15 is 0 Å². The minimum atomic E-state index is 0.644. The minimum absolute atomic E-state index is 0.644. The zero-order valence-electron chi connectivity index (χ0n) is 9.76. The highest BCUT2D eigenvalue weighted by atomic mass is 16.3. The number of rotatable bonds is 2. The molecule has 0 spiro atoms. The lowest BCUT2D eigenvalue weighted by Gasteiger charge is -2.27. The van der Waals surface area contributed by atoms with Gasteiger partial charge in [0.25, 0.3) is 0 Å². The third-order valence-corrected chi connectivity index (χ3v) is 2.88. The zero-order chi connectivity index (χ0) is 11.7. The van der Waals surface area contributed by atoms with Crippen molar-refractivity contribution in [3.8, 4) is 11.6 Å². The summed E-state index contributed by atoms with van der Waals surface area (Å²) in [5.41, 5.74) is 0. The first-order valence-corrected chi connectivity index (χ1v) is 5.75. The van der Waals surface area contributed by atoms with Crippen molar-refractivity contribution in [3.05, 3.63) is 18.4 Å². The van der Waals surface area contributed by atoms with Crippen LogP contribution in [0.4, 0.5) is 5.95 Å². The van der Waals surface area contributed by atoms with Gasteiger partial charge in [0.2, 0.25) is 11.8 Å². The predicted octanol–water partition coefficient (Wildman–Crippen LogP) is 0.485. The van der Waals surface area contributed by atoms with Gasteiger partial charge in [-0.05, 0) is 12.1 Å². The average Bonchev–Trinajstić information content (AvgIpc) is 2.99. The zero-order valence-corrected chi connectivity index (χ0v) is 9.76. The fourth-order valence-electron chi connectivity index (χ4n) is 2.03. The maximum Gasteiger partial charge on any atom is 0.224 e. The summed E-state index contributed by atoms with van der Waals surface area (Å²) >= 11 is 0. The fourth-order valence-corrected chi connectivity index (χ4v) is 2.03. The van der Waals surface area contributed by atoms with Crippen molar-refractivity contribution in [1.29, 1.82) is 0 Å². The molecule has 1 N–H and O–H groups in total. The molecule has 0 radical (unpaired) electrons. The largest absolute Gasteiger partial charge is 0.461 e. The van der Waals surface area contributed by atoms with E-state index in [4.69, 9.17) is 4.42 Å². The van der Waals surface area contributed by atoms with E-state index in [1.165, 1.54) is 0 Å². The number of anilines is 1. The Kier molecular flexibility index (Phi) is 2.56. The first kappa shape index (κ1) is 10.3. The number of nitrogens with one attached hydrogen (secondary N) is 1. The molecular weight excluding hydrogens is 218 g/mol. The lowest BCUT2D eigenvalue weighted by atomic mass is 10.4. The van der Waals surface area contributed by atoms with Crippen LogP contribution in [-0.2, 0) is 7.05 Å². The van der Waals surface area contributed by atoms with Crippen molar-refractivity contribution in [2.24, 2.45) is 7.05 Å². The molecule has 1 aliphatic rings. The van der Waals surface area contributed by atoms with Crippen LogP contribution in [0.2, 0.25) is 0 Å². The van der Waals surface area contributed by atoms with Gasteiger partial charge in [0.05, 0.1) is 6.26 Å². The van der Waals surface area contributed by atoms with Crippen LogP contribution in [0.3, 0.4) is 0 Å². The van der Waals surface area contributed by atoms with Gasteiger partial charge in [0.1, 0.15) is 0 Å². The molecule has 6 heteroatoms. The Morgan fingerprint density at radius 3 is 2.88 bits per heavy atom. The van der Waals surface area contributed by atoms with Crippen molar-refractivity contribution in [1.82, 2.24) is 20.1 Å². The number of hydrogen-bond acceptors (Lipinski definition) is 5. The number of piperazine rings is 1. The molecule has 0 aliphatic carbocycles. The monoisotopic (exact) mass is 233 g/mol. The van der Waals surface area contributed by atoms with E-state index in [0.29, 0.717) is 11.6 Å². The van der Waals surface area contributed by atoms with Crippen molar-refractivity contribution in [3.63, 3.8) is 0 Å². The van der Waals surface area contributed by atoms with Crippen LogP contribution < -0.4 is 10.2 Å². The molecule has 0 aromatic carbocycles. The number of furan rings is 1. The van der Waals surface area contributed by atoms with E-state index in [2.05, 4.69) is 20.3 Å². The molecule has 0 atom stereocenters. The van der Waals surface area contributed by atoms with Gasteiger partial charge in [-0.1, -0.05) is 0 Å². The van der Waals surface area contributed by atoms with Gasteiger partial charge in [-0.15, -0.1) is 5.10 Å². The molecule has 0 unspecified atom stereocenters. The molecule has 0 saturated carbocycles. The number of aromatic nitrogens is 3. The molecule has 2 aromatic rings. The normalized spacial score (nSPS) is 16.4.